The summed E-state index contributed by atoms with van der Waals surface area (Å²) in [5.74, 6) is 0.169. The topological polar surface area (TPSA) is 9.23 Å². The van der Waals surface area contributed by atoms with Crippen molar-refractivity contribution in [1.29, 1.82) is 0 Å². The molecule has 0 saturated heterocycles. The van der Waals surface area contributed by atoms with Crippen LogP contribution in [0.1, 0.15) is 12.5 Å². The molecule has 0 spiro atoms. The third kappa shape index (κ3) is 4.53. The fraction of sp³-hybridized carbons (Fsp3) is 0.111. The van der Waals surface area contributed by atoms with Gasteiger partial charge >= 0.3 is 6.18 Å². The first kappa shape index (κ1) is 22.0. The summed E-state index contributed by atoms with van der Waals surface area (Å²) in [6, 6.07) is 34.8. The van der Waals surface area contributed by atoms with Gasteiger partial charge in [-0.25, -0.2) is 0 Å². The molecule has 4 aromatic rings. The summed E-state index contributed by atoms with van der Waals surface area (Å²) < 4.78 is 47.6. The molecule has 0 amide bonds. The van der Waals surface area contributed by atoms with Gasteiger partial charge in [-0.15, -0.1) is 0 Å². The highest BCUT2D eigenvalue weighted by atomic mass is 32.2. The summed E-state index contributed by atoms with van der Waals surface area (Å²) in [6.45, 7) is 1.06. The Hall–Kier alpha value is -3.18. The lowest BCUT2D eigenvalue weighted by Gasteiger charge is -2.33. The molecule has 0 N–H and O–H groups in total. The van der Waals surface area contributed by atoms with Gasteiger partial charge < -0.3 is 4.74 Å². The quantitative estimate of drug-likeness (QED) is 0.274. The van der Waals surface area contributed by atoms with Gasteiger partial charge in [-0.1, -0.05) is 66.7 Å². The van der Waals surface area contributed by atoms with Gasteiger partial charge in [-0.3, -0.25) is 0 Å². The van der Waals surface area contributed by atoms with Crippen molar-refractivity contribution in [3.8, 4) is 5.75 Å². The van der Waals surface area contributed by atoms with Crippen LogP contribution in [0.2, 0.25) is 0 Å². The number of rotatable bonds is 6. The Kier molecular flexibility index (Phi) is 6.28. The predicted molar refractivity (Wildman–Crippen MR) is 122 cm³/mol. The van der Waals surface area contributed by atoms with Crippen LogP contribution in [0.5, 0.6) is 5.75 Å². The fourth-order valence-electron chi connectivity index (χ4n) is 3.44. The SMILES string of the molecule is CC(Oc1ccc([S+](c2ccccc2)c2ccccc2)cc1)(c1ccccc1)C(F)(F)F. The number of alkyl halides is 3. The van der Waals surface area contributed by atoms with E-state index in [0.717, 1.165) is 21.6 Å². The Bertz CT molecular complexity index is 1090. The van der Waals surface area contributed by atoms with Crippen LogP contribution in [0, 0.1) is 0 Å². The summed E-state index contributed by atoms with van der Waals surface area (Å²) in [6.07, 6.45) is -4.58. The van der Waals surface area contributed by atoms with E-state index in [1.165, 1.54) is 12.1 Å². The second-order valence-corrected chi connectivity index (χ2v) is 9.43. The molecule has 162 valence electrons. The van der Waals surface area contributed by atoms with E-state index in [9.17, 15) is 13.2 Å². The summed E-state index contributed by atoms with van der Waals surface area (Å²) in [4.78, 5) is 3.27. The van der Waals surface area contributed by atoms with Crippen LogP contribution in [-0.4, -0.2) is 6.18 Å². The molecule has 0 aliphatic rings. The van der Waals surface area contributed by atoms with Crippen molar-refractivity contribution in [2.45, 2.75) is 33.4 Å². The van der Waals surface area contributed by atoms with Gasteiger partial charge in [-0.2, -0.15) is 13.2 Å². The molecule has 0 aromatic heterocycles. The number of ether oxygens (including phenoxy) is 1. The molecule has 4 aromatic carbocycles. The highest BCUT2D eigenvalue weighted by Gasteiger charge is 2.55. The minimum atomic E-state index is -4.58. The lowest BCUT2D eigenvalue weighted by Crippen LogP contribution is -2.44. The van der Waals surface area contributed by atoms with E-state index in [-0.39, 0.29) is 22.2 Å². The van der Waals surface area contributed by atoms with Crippen LogP contribution in [0.3, 0.4) is 0 Å². The van der Waals surface area contributed by atoms with Crippen molar-refractivity contribution < 1.29 is 17.9 Å². The van der Waals surface area contributed by atoms with E-state index < -0.39 is 11.8 Å². The molecular weight excluding hydrogens is 429 g/mol. The van der Waals surface area contributed by atoms with Gasteiger partial charge in [0.05, 0.1) is 10.9 Å². The van der Waals surface area contributed by atoms with Crippen molar-refractivity contribution in [3.05, 3.63) is 121 Å². The van der Waals surface area contributed by atoms with Gasteiger partial charge in [0.1, 0.15) is 5.75 Å². The smallest absolute Gasteiger partial charge is 0.432 e. The number of halogens is 3. The Balaban J connectivity index is 1.68. The van der Waals surface area contributed by atoms with Crippen LogP contribution < -0.4 is 4.74 Å². The van der Waals surface area contributed by atoms with Crippen LogP contribution >= 0.6 is 0 Å². The minimum Gasteiger partial charge on any atom is -0.473 e. The molecule has 0 fully saturated rings. The Morgan fingerprint density at radius 3 is 1.41 bits per heavy atom. The van der Waals surface area contributed by atoms with Crippen LogP contribution in [-0.2, 0) is 16.5 Å². The molecule has 4 rings (SSSR count). The monoisotopic (exact) mass is 451 g/mol. The molecule has 0 aliphatic carbocycles. The minimum absolute atomic E-state index is 0.0601. The van der Waals surface area contributed by atoms with E-state index in [1.54, 1.807) is 30.3 Å². The van der Waals surface area contributed by atoms with Crippen LogP contribution in [0.15, 0.2) is 130 Å². The Morgan fingerprint density at radius 1 is 0.562 bits per heavy atom. The van der Waals surface area contributed by atoms with Gasteiger partial charge in [0, 0.05) is 5.56 Å². The third-order valence-electron chi connectivity index (χ3n) is 5.20. The van der Waals surface area contributed by atoms with Crippen LogP contribution in [0.4, 0.5) is 13.2 Å². The van der Waals surface area contributed by atoms with E-state index in [4.69, 9.17) is 4.74 Å². The molecule has 0 saturated carbocycles. The summed E-state index contributed by atoms with van der Waals surface area (Å²) in [5.41, 5.74) is -2.39. The number of hydrogen-bond acceptors (Lipinski definition) is 1. The zero-order chi connectivity index (χ0) is 22.6. The van der Waals surface area contributed by atoms with Crippen molar-refractivity contribution >= 4 is 10.9 Å². The Morgan fingerprint density at radius 2 is 0.969 bits per heavy atom. The molecule has 1 unspecified atom stereocenters. The first-order valence-corrected chi connectivity index (χ1v) is 11.4. The molecule has 1 nitrogen and oxygen atoms in total. The van der Waals surface area contributed by atoms with E-state index in [0.29, 0.717) is 0 Å². The second kappa shape index (κ2) is 9.13. The molecular formula is C27H22F3OS+. The maximum Gasteiger partial charge on any atom is 0.432 e. The largest absolute Gasteiger partial charge is 0.473 e. The predicted octanol–water partition coefficient (Wildman–Crippen LogP) is 7.64. The number of hydrogen-bond donors (Lipinski definition) is 0. The lowest BCUT2D eigenvalue weighted by atomic mass is 9.95. The van der Waals surface area contributed by atoms with E-state index >= 15 is 0 Å². The number of benzene rings is 4. The summed E-state index contributed by atoms with van der Waals surface area (Å²) in [5, 5.41) is 0. The van der Waals surface area contributed by atoms with Gasteiger partial charge in [-0.05, 0) is 55.5 Å². The maximum absolute atomic E-state index is 14.0. The average molecular weight is 452 g/mol. The van der Waals surface area contributed by atoms with Gasteiger partial charge in [0.25, 0.3) is 0 Å². The average Bonchev–Trinajstić information content (AvgIpc) is 2.82. The van der Waals surface area contributed by atoms with Crippen molar-refractivity contribution in [2.75, 3.05) is 0 Å². The molecule has 32 heavy (non-hydrogen) atoms. The second-order valence-electron chi connectivity index (χ2n) is 7.40. The molecule has 5 heteroatoms. The maximum atomic E-state index is 14.0. The summed E-state index contributed by atoms with van der Waals surface area (Å²) >= 11 is 0. The normalized spacial score (nSPS) is 13.5. The van der Waals surface area contributed by atoms with E-state index in [1.807, 2.05) is 48.5 Å². The molecule has 0 radical (unpaired) electrons. The summed E-state index contributed by atoms with van der Waals surface area (Å²) in [7, 11) is -0.377. The zero-order valence-electron chi connectivity index (χ0n) is 17.4. The van der Waals surface area contributed by atoms with Gasteiger partial charge in [0.15, 0.2) is 14.7 Å². The zero-order valence-corrected chi connectivity index (χ0v) is 18.2. The van der Waals surface area contributed by atoms with Gasteiger partial charge in [0.2, 0.25) is 5.60 Å². The Labute approximate surface area is 188 Å². The first-order chi connectivity index (χ1) is 15.4. The van der Waals surface area contributed by atoms with Crippen molar-refractivity contribution in [3.63, 3.8) is 0 Å². The van der Waals surface area contributed by atoms with E-state index in [2.05, 4.69) is 24.3 Å². The first-order valence-electron chi connectivity index (χ1n) is 10.1. The molecule has 0 aliphatic heterocycles. The van der Waals surface area contributed by atoms with Crippen LogP contribution in [0.25, 0.3) is 0 Å². The third-order valence-corrected chi connectivity index (χ3v) is 7.44. The lowest BCUT2D eigenvalue weighted by molar-refractivity contribution is -0.247. The molecule has 1 atom stereocenters. The molecule has 0 heterocycles. The van der Waals surface area contributed by atoms with Crippen molar-refractivity contribution in [1.82, 2.24) is 0 Å². The standard InChI is InChI=1S/C27H22F3OS/c1-26(27(28,29)30,21-11-5-2-6-12-21)31-22-17-19-25(20-18-22)32(23-13-7-3-8-14-23)24-15-9-4-10-16-24/h2-20H,1H3/q+1. The highest BCUT2D eigenvalue weighted by molar-refractivity contribution is 7.97. The fourth-order valence-corrected chi connectivity index (χ4v) is 5.52. The molecule has 0 bridgehead atoms. The van der Waals surface area contributed by atoms with Crippen molar-refractivity contribution in [2.24, 2.45) is 0 Å². The highest BCUT2D eigenvalue weighted by Crippen LogP contribution is 2.43.